The van der Waals surface area contributed by atoms with Gasteiger partial charge in [-0.25, -0.2) is 4.79 Å². The van der Waals surface area contributed by atoms with Crippen LogP contribution in [0.15, 0.2) is 24.3 Å². The van der Waals surface area contributed by atoms with E-state index < -0.39 is 16.6 Å². The lowest BCUT2D eigenvalue weighted by atomic mass is 9.79. The quantitative estimate of drug-likeness (QED) is 0.453. The molecule has 0 aliphatic heterocycles. The summed E-state index contributed by atoms with van der Waals surface area (Å²) in [6.07, 6.45) is -0.357. The second-order valence-electron chi connectivity index (χ2n) is 6.28. The number of ether oxygens (including phenoxy) is 1. The van der Waals surface area contributed by atoms with Crippen molar-refractivity contribution in [2.75, 3.05) is 0 Å². The van der Waals surface area contributed by atoms with Crippen LogP contribution in [-0.4, -0.2) is 22.3 Å². The number of nitro benzene ring substituents is 1. The molecule has 0 aliphatic carbocycles. The van der Waals surface area contributed by atoms with Crippen LogP contribution in [0.2, 0.25) is 0 Å². The average molecular weight is 321 g/mol. The summed E-state index contributed by atoms with van der Waals surface area (Å²) < 4.78 is 5.14. The van der Waals surface area contributed by atoms with E-state index in [1.165, 1.54) is 12.1 Å². The third-order valence-electron chi connectivity index (χ3n) is 4.27. The number of nitro groups is 1. The predicted octanol–water partition coefficient (Wildman–Crippen LogP) is 3.50. The van der Waals surface area contributed by atoms with Crippen molar-refractivity contribution in [1.29, 1.82) is 5.41 Å². The van der Waals surface area contributed by atoms with Crippen molar-refractivity contribution in [3.63, 3.8) is 0 Å². The molecular weight excluding hydrogens is 298 g/mol. The fourth-order valence-corrected chi connectivity index (χ4v) is 2.44. The molecule has 1 aromatic carbocycles. The fraction of sp³-hybridized carbons (Fsp3) is 0.500. The van der Waals surface area contributed by atoms with Gasteiger partial charge in [-0.2, -0.15) is 0 Å². The topological polar surface area (TPSA) is 119 Å². The number of hydrogen-bond donors (Lipinski definition) is 2. The maximum atomic E-state index is 11.0. The molecule has 7 nitrogen and oxygen atoms in total. The van der Waals surface area contributed by atoms with Crippen LogP contribution in [0.1, 0.15) is 39.7 Å². The molecule has 0 saturated carbocycles. The third kappa shape index (κ3) is 5.05. The highest BCUT2D eigenvalue weighted by molar-refractivity contribution is 5.98. The molecule has 1 rings (SSSR count). The van der Waals surface area contributed by atoms with Gasteiger partial charge < -0.3 is 15.9 Å². The number of benzene rings is 1. The molecule has 2 atom stereocenters. The first-order valence-electron chi connectivity index (χ1n) is 7.35. The number of rotatable bonds is 7. The Bertz CT molecular complexity index is 596. The highest BCUT2D eigenvalue weighted by Gasteiger charge is 2.33. The van der Waals surface area contributed by atoms with E-state index in [9.17, 15) is 14.9 Å². The van der Waals surface area contributed by atoms with Gasteiger partial charge in [0, 0.05) is 17.8 Å². The van der Waals surface area contributed by atoms with Crippen LogP contribution in [-0.2, 0) is 4.74 Å². The molecular formula is C16H23N3O4. The average Bonchev–Trinajstić information content (AvgIpc) is 2.44. The molecule has 0 spiro atoms. The Kier molecular flexibility index (Phi) is 5.84. The maximum absolute atomic E-state index is 11.0. The van der Waals surface area contributed by atoms with Crippen LogP contribution < -0.4 is 5.73 Å². The van der Waals surface area contributed by atoms with Crippen molar-refractivity contribution in [1.82, 2.24) is 0 Å². The monoisotopic (exact) mass is 321 g/mol. The number of hydrogen-bond acceptors (Lipinski definition) is 5. The second kappa shape index (κ2) is 7.21. The Morgan fingerprint density at radius 1 is 1.35 bits per heavy atom. The number of nitrogens with one attached hydrogen (secondary N) is 1. The normalized spacial score (nSPS) is 13.9. The van der Waals surface area contributed by atoms with Crippen LogP contribution in [0.5, 0.6) is 0 Å². The maximum Gasteiger partial charge on any atom is 0.405 e. The van der Waals surface area contributed by atoms with Crippen LogP contribution in [0.3, 0.4) is 0 Å². The molecule has 1 amide bonds. The molecule has 0 heterocycles. The van der Waals surface area contributed by atoms with Gasteiger partial charge in [-0.3, -0.25) is 10.1 Å². The number of non-ortho nitro benzene ring substituents is 1. The summed E-state index contributed by atoms with van der Waals surface area (Å²) in [5.74, 6) is 0.0421. The van der Waals surface area contributed by atoms with Gasteiger partial charge in [-0.05, 0) is 49.8 Å². The number of amides is 1. The van der Waals surface area contributed by atoms with E-state index in [-0.39, 0.29) is 17.5 Å². The molecule has 7 heteroatoms. The smallest absolute Gasteiger partial charge is 0.405 e. The molecule has 0 fully saturated rings. The van der Waals surface area contributed by atoms with Crippen LogP contribution in [0.4, 0.5) is 10.5 Å². The van der Waals surface area contributed by atoms with E-state index in [1.807, 2.05) is 13.8 Å². The Hall–Kier alpha value is -2.44. The molecule has 3 N–H and O–H groups in total. The van der Waals surface area contributed by atoms with Crippen LogP contribution in [0, 0.1) is 27.4 Å². The van der Waals surface area contributed by atoms with Crippen molar-refractivity contribution < 1.29 is 14.5 Å². The SMILES string of the molecule is C[C@H](CC(=N)c1ccc([N+](=O)[O-])cc1)[C@@H](C)C(C)(C)OC(N)=O. The van der Waals surface area contributed by atoms with Gasteiger partial charge >= 0.3 is 6.09 Å². The lowest BCUT2D eigenvalue weighted by Gasteiger charge is -2.34. The summed E-state index contributed by atoms with van der Waals surface area (Å²) in [4.78, 5) is 21.2. The number of carbonyl (C=O) groups is 1. The van der Waals surface area contributed by atoms with Crippen molar-refractivity contribution in [2.24, 2.45) is 17.6 Å². The van der Waals surface area contributed by atoms with Crippen LogP contribution in [0.25, 0.3) is 0 Å². The van der Waals surface area contributed by atoms with Crippen molar-refractivity contribution in [2.45, 2.75) is 39.7 Å². The number of carbonyl (C=O) groups excluding carboxylic acids is 1. The summed E-state index contributed by atoms with van der Waals surface area (Å²) >= 11 is 0. The van der Waals surface area contributed by atoms with E-state index in [0.717, 1.165) is 0 Å². The molecule has 0 aromatic heterocycles. The number of nitrogens with two attached hydrogens (primary N) is 1. The lowest BCUT2D eigenvalue weighted by Crippen LogP contribution is -2.40. The molecule has 0 radical (unpaired) electrons. The number of nitrogens with zero attached hydrogens (tertiary/aromatic N) is 1. The molecule has 1 aromatic rings. The van der Waals surface area contributed by atoms with E-state index in [1.54, 1.807) is 26.0 Å². The highest BCUT2D eigenvalue weighted by atomic mass is 16.6. The molecule has 0 aliphatic rings. The first kappa shape index (κ1) is 18.6. The summed E-state index contributed by atoms with van der Waals surface area (Å²) in [5, 5.41) is 18.8. The minimum atomic E-state index is -0.820. The second-order valence-corrected chi connectivity index (χ2v) is 6.28. The molecule has 126 valence electrons. The molecule has 23 heavy (non-hydrogen) atoms. The van der Waals surface area contributed by atoms with E-state index in [4.69, 9.17) is 15.9 Å². The van der Waals surface area contributed by atoms with E-state index in [0.29, 0.717) is 17.7 Å². The third-order valence-corrected chi connectivity index (χ3v) is 4.27. The Labute approximate surface area is 135 Å². The Morgan fingerprint density at radius 2 is 1.87 bits per heavy atom. The molecule has 0 saturated heterocycles. The van der Waals surface area contributed by atoms with E-state index in [2.05, 4.69) is 0 Å². The molecule has 0 bridgehead atoms. The molecule has 0 unspecified atom stereocenters. The van der Waals surface area contributed by atoms with Crippen molar-refractivity contribution >= 4 is 17.5 Å². The first-order chi connectivity index (χ1) is 10.5. The van der Waals surface area contributed by atoms with Crippen molar-refractivity contribution in [3.8, 4) is 0 Å². The largest absolute Gasteiger partial charge is 0.443 e. The summed E-state index contributed by atoms with van der Waals surface area (Å²) in [6.45, 7) is 7.48. The zero-order valence-electron chi connectivity index (χ0n) is 13.8. The summed E-state index contributed by atoms with van der Waals surface area (Å²) in [5.41, 5.74) is 5.38. The zero-order chi connectivity index (χ0) is 17.8. The summed E-state index contributed by atoms with van der Waals surface area (Å²) in [6, 6.07) is 5.92. The van der Waals surface area contributed by atoms with Gasteiger partial charge in [0.1, 0.15) is 5.60 Å². The van der Waals surface area contributed by atoms with Gasteiger partial charge in [0.15, 0.2) is 0 Å². The minimum absolute atomic E-state index is 0.000965. The van der Waals surface area contributed by atoms with E-state index >= 15 is 0 Å². The van der Waals surface area contributed by atoms with Gasteiger partial charge in [0.05, 0.1) is 4.92 Å². The van der Waals surface area contributed by atoms with Crippen molar-refractivity contribution in [3.05, 3.63) is 39.9 Å². The van der Waals surface area contributed by atoms with Gasteiger partial charge in [0.25, 0.3) is 5.69 Å². The Morgan fingerprint density at radius 3 is 2.30 bits per heavy atom. The van der Waals surface area contributed by atoms with Crippen LogP contribution >= 0.6 is 0 Å². The fourth-order valence-electron chi connectivity index (χ4n) is 2.44. The predicted molar refractivity (Wildman–Crippen MR) is 87.6 cm³/mol. The highest BCUT2D eigenvalue weighted by Crippen LogP contribution is 2.30. The van der Waals surface area contributed by atoms with Gasteiger partial charge in [-0.1, -0.05) is 13.8 Å². The Balaban J connectivity index is 2.75. The standard InChI is InChI=1S/C16H23N3O4/c1-10(11(2)16(3,4)23-15(18)20)9-14(17)12-5-7-13(8-6-12)19(21)22/h5-8,10-11,17H,9H2,1-4H3,(H2,18,20)/t10-,11-/m1/s1. The zero-order valence-corrected chi connectivity index (χ0v) is 13.8. The summed E-state index contributed by atoms with van der Waals surface area (Å²) in [7, 11) is 0. The lowest BCUT2D eigenvalue weighted by molar-refractivity contribution is -0.384. The first-order valence-corrected chi connectivity index (χ1v) is 7.35. The minimum Gasteiger partial charge on any atom is -0.443 e. The van der Waals surface area contributed by atoms with Gasteiger partial charge in [-0.15, -0.1) is 0 Å². The van der Waals surface area contributed by atoms with Gasteiger partial charge in [0.2, 0.25) is 0 Å². The number of primary amides is 1.